The second-order valence-corrected chi connectivity index (χ2v) is 6.53. The Morgan fingerprint density at radius 1 is 1.04 bits per heavy atom. The van der Waals surface area contributed by atoms with Crippen molar-refractivity contribution < 1.29 is 14.3 Å². The van der Waals surface area contributed by atoms with Crippen molar-refractivity contribution in [1.82, 2.24) is 5.32 Å². The van der Waals surface area contributed by atoms with Crippen LogP contribution in [-0.4, -0.2) is 31.0 Å². The number of anilines is 1. The molecule has 1 N–H and O–H groups in total. The van der Waals surface area contributed by atoms with Crippen molar-refractivity contribution in [2.45, 2.75) is 64.8 Å². The zero-order valence-corrected chi connectivity index (χ0v) is 15.4. The summed E-state index contributed by atoms with van der Waals surface area (Å²) in [6, 6.07) is 6.76. The van der Waals surface area contributed by atoms with E-state index in [-0.39, 0.29) is 18.2 Å². The summed E-state index contributed by atoms with van der Waals surface area (Å²) in [6.07, 6.45) is 7.10. The first-order valence-corrected chi connectivity index (χ1v) is 9.50. The van der Waals surface area contributed by atoms with Crippen LogP contribution in [0.1, 0.15) is 58.8 Å². The molecule has 0 aliphatic carbocycles. The standard InChI is InChI=1S/C20H30N2O3/c1-3-5-6-7-8-13-21-18-15-19(23)22(20(18)24)16-9-11-17(12-10-16)25-14-4-2/h9-12,18,21H,3-8,13-15H2,1-2H3/t18-/m0/s1. The van der Waals surface area contributed by atoms with Crippen LogP contribution in [0, 0.1) is 0 Å². The molecule has 0 bridgehead atoms. The van der Waals surface area contributed by atoms with Gasteiger partial charge in [0.05, 0.1) is 24.8 Å². The van der Waals surface area contributed by atoms with E-state index in [4.69, 9.17) is 4.74 Å². The summed E-state index contributed by atoms with van der Waals surface area (Å²) in [5.41, 5.74) is 0.617. The molecule has 5 heteroatoms. The average Bonchev–Trinajstić information content (AvgIpc) is 2.90. The number of benzene rings is 1. The molecule has 1 fully saturated rings. The molecule has 1 atom stereocenters. The highest BCUT2D eigenvalue weighted by Crippen LogP contribution is 2.25. The summed E-state index contributed by atoms with van der Waals surface area (Å²) in [7, 11) is 0. The number of unbranched alkanes of at least 4 members (excludes halogenated alkanes) is 4. The van der Waals surface area contributed by atoms with Crippen LogP contribution in [0.15, 0.2) is 24.3 Å². The van der Waals surface area contributed by atoms with E-state index in [1.54, 1.807) is 24.3 Å². The Bertz CT molecular complexity index is 557. The molecule has 1 heterocycles. The number of ether oxygens (including phenoxy) is 1. The maximum Gasteiger partial charge on any atom is 0.251 e. The summed E-state index contributed by atoms with van der Waals surface area (Å²) in [6.45, 7) is 5.68. The number of imide groups is 1. The fourth-order valence-corrected chi connectivity index (χ4v) is 2.98. The highest BCUT2D eigenvalue weighted by atomic mass is 16.5. The van der Waals surface area contributed by atoms with E-state index in [1.807, 2.05) is 6.92 Å². The van der Waals surface area contributed by atoms with E-state index in [1.165, 1.54) is 30.6 Å². The molecule has 0 radical (unpaired) electrons. The van der Waals surface area contributed by atoms with Crippen LogP contribution in [0.25, 0.3) is 0 Å². The van der Waals surface area contributed by atoms with Gasteiger partial charge in [0.15, 0.2) is 0 Å². The van der Waals surface area contributed by atoms with Gasteiger partial charge in [0.1, 0.15) is 5.75 Å². The largest absolute Gasteiger partial charge is 0.494 e. The van der Waals surface area contributed by atoms with Crippen molar-refractivity contribution in [1.29, 1.82) is 0 Å². The Balaban J connectivity index is 1.85. The molecule has 5 nitrogen and oxygen atoms in total. The molecule has 1 aliphatic rings. The van der Waals surface area contributed by atoms with Crippen LogP contribution in [0.3, 0.4) is 0 Å². The van der Waals surface area contributed by atoms with Crippen molar-refractivity contribution in [3.8, 4) is 5.75 Å². The monoisotopic (exact) mass is 346 g/mol. The van der Waals surface area contributed by atoms with E-state index in [9.17, 15) is 9.59 Å². The Labute approximate surface area is 150 Å². The minimum atomic E-state index is -0.394. The van der Waals surface area contributed by atoms with Gasteiger partial charge in [-0.1, -0.05) is 39.5 Å². The first-order valence-electron chi connectivity index (χ1n) is 9.50. The van der Waals surface area contributed by atoms with Crippen molar-refractivity contribution >= 4 is 17.5 Å². The number of carbonyl (C=O) groups excluding carboxylic acids is 2. The van der Waals surface area contributed by atoms with E-state index >= 15 is 0 Å². The maximum atomic E-state index is 12.6. The Morgan fingerprint density at radius 2 is 1.76 bits per heavy atom. The third-order valence-corrected chi connectivity index (χ3v) is 4.39. The average molecular weight is 346 g/mol. The number of hydrogen-bond acceptors (Lipinski definition) is 4. The van der Waals surface area contributed by atoms with E-state index in [0.717, 1.165) is 25.1 Å². The molecule has 0 spiro atoms. The van der Waals surface area contributed by atoms with Gasteiger partial charge in [-0.3, -0.25) is 9.59 Å². The molecule has 1 aliphatic heterocycles. The van der Waals surface area contributed by atoms with Crippen LogP contribution in [0.2, 0.25) is 0 Å². The van der Waals surface area contributed by atoms with Crippen molar-refractivity contribution in [3.05, 3.63) is 24.3 Å². The Morgan fingerprint density at radius 3 is 2.44 bits per heavy atom. The van der Waals surface area contributed by atoms with Gasteiger partial charge in [-0.25, -0.2) is 4.90 Å². The normalized spacial score (nSPS) is 17.4. The SMILES string of the molecule is CCCCCCCN[C@H]1CC(=O)N(c2ccc(OCCC)cc2)C1=O. The minimum Gasteiger partial charge on any atom is -0.494 e. The van der Waals surface area contributed by atoms with Gasteiger partial charge < -0.3 is 10.1 Å². The van der Waals surface area contributed by atoms with E-state index in [0.29, 0.717) is 12.3 Å². The first-order chi connectivity index (χ1) is 12.2. The second-order valence-electron chi connectivity index (χ2n) is 6.53. The molecule has 25 heavy (non-hydrogen) atoms. The molecular weight excluding hydrogens is 316 g/mol. The number of hydrogen-bond donors (Lipinski definition) is 1. The number of rotatable bonds is 11. The lowest BCUT2D eigenvalue weighted by atomic mass is 10.1. The molecule has 1 saturated heterocycles. The molecule has 2 rings (SSSR count). The number of amides is 2. The second kappa shape index (κ2) is 10.2. The van der Waals surface area contributed by atoms with Crippen molar-refractivity contribution in [3.63, 3.8) is 0 Å². The Kier molecular flexibility index (Phi) is 7.92. The minimum absolute atomic E-state index is 0.143. The predicted molar refractivity (Wildman–Crippen MR) is 99.9 cm³/mol. The highest BCUT2D eigenvalue weighted by Gasteiger charge is 2.39. The van der Waals surface area contributed by atoms with Gasteiger partial charge in [-0.15, -0.1) is 0 Å². The number of carbonyl (C=O) groups is 2. The summed E-state index contributed by atoms with van der Waals surface area (Å²) in [5, 5.41) is 3.24. The topological polar surface area (TPSA) is 58.6 Å². The molecule has 2 amide bonds. The summed E-state index contributed by atoms with van der Waals surface area (Å²) in [4.78, 5) is 26.1. The lowest BCUT2D eigenvalue weighted by molar-refractivity contribution is -0.121. The first kappa shape index (κ1) is 19.4. The van der Waals surface area contributed by atoms with Gasteiger partial charge in [-0.2, -0.15) is 0 Å². The van der Waals surface area contributed by atoms with Gasteiger partial charge in [0, 0.05) is 0 Å². The summed E-state index contributed by atoms with van der Waals surface area (Å²) >= 11 is 0. The third-order valence-electron chi connectivity index (χ3n) is 4.39. The van der Waals surface area contributed by atoms with E-state index in [2.05, 4.69) is 12.2 Å². The third kappa shape index (κ3) is 5.56. The molecule has 0 unspecified atom stereocenters. The number of nitrogens with zero attached hydrogens (tertiary/aromatic N) is 1. The zero-order chi connectivity index (χ0) is 18.1. The Hall–Kier alpha value is -1.88. The highest BCUT2D eigenvalue weighted by molar-refractivity contribution is 6.22. The van der Waals surface area contributed by atoms with Crippen molar-refractivity contribution in [2.24, 2.45) is 0 Å². The molecule has 138 valence electrons. The lowest BCUT2D eigenvalue weighted by Gasteiger charge is -2.16. The van der Waals surface area contributed by atoms with Crippen LogP contribution in [0.4, 0.5) is 5.69 Å². The molecule has 0 aromatic heterocycles. The van der Waals surface area contributed by atoms with Crippen LogP contribution in [-0.2, 0) is 9.59 Å². The fraction of sp³-hybridized carbons (Fsp3) is 0.600. The molecule has 0 saturated carbocycles. The van der Waals surface area contributed by atoms with Crippen LogP contribution >= 0.6 is 0 Å². The molecule has 1 aromatic rings. The zero-order valence-electron chi connectivity index (χ0n) is 15.4. The van der Waals surface area contributed by atoms with Gasteiger partial charge in [0.25, 0.3) is 5.91 Å². The van der Waals surface area contributed by atoms with Gasteiger partial charge in [0.2, 0.25) is 5.91 Å². The summed E-state index contributed by atoms with van der Waals surface area (Å²) < 4.78 is 5.54. The van der Waals surface area contributed by atoms with Gasteiger partial charge in [-0.05, 0) is 43.7 Å². The molecular formula is C20H30N2O3. The van der Waals surface area contributed by atoms with E-state index < -0.39 is 6.04 Å². The van der Waals surface area contributed by atoms with Gasteiger partial charge >= 0.3 is 0 Å². The predicted octanol–water partition coefficient (Wildman–Crippen LogP) is 3.67. The maximum absolute atomic E-state index is 12.6. The van der Waals surface area contributed by atoms with Crippen LogP contribution in [0.5, 0.6) is 5.75 Å². The smallest absolute Gasteiger partial charge is 0.251 e. The van der Waals surface area contributed by atoms with Crippen molar-refractivity contribution in [2.75, 3.05) is 18.1 Å². The number of nitrogens with one attached hydrogen (secondary N) is 1. The lowest BCUT2D eigenvalue weighted by Crippen LogP contribution is -2.39. The molecule has 1 aromatic carbocycles. The van der Waals surface area contributed by atoms with Crippen LogP contribution < -0.4 is 15.0 Å². The summed E-state index contributed by atoms with van der Waals surface area (Å²) in [5.74, 6) is 0.461. The quantitative estimate of drug-likeness (QED) is 0.491. The fourth-order valence-electron chi connectivity index (χ4n) is 2.98.